The van der Waals surface area contributed by atoms with Crippen molar-refractivity contribution in [3.8, 4) is 17.6 Å². The van der Waals surface area contributed by atoms with Gasteiger partial charge < -0.3 is 20.1 Å². The summed E-state index contributed by atoms with van der Waals surface area (Å²) in [5, 5.41) is 9.81. The Balaban J connectivity index is 2.24. The molecule has 1 atom stereocenters. The van der Waals surface area contributed by atoms with E-state index in [4.69, 9.17) is 15.2 Å². The largest absolute Gasteiger partial charge is 0.493 e. The number of allylic oxidation sites excluding steroid dienone is 3. The fourth-order valence-corrected chi connectivity index (χ4v) is 4.36. The Bertz CT molecular complexity index is 898. The average molecular weight is 432 g/mol. The molecule has 3 rings (SSSR count). The van der Waals surface area contributed by atoms with Crippen molar-refractivity contribution in [3.05, 3.63) is 44.8 Å². The third-order valence-electron chi connectivity index (χ3n) is 5.04. The predicted molar refractivity (Wildman–Crippen MR) is 105 cm³/mol. The van der Waals surface area contributed by atoms with Crippen LogP contribution in [-0.2, 0) is 4.79 Å². The highest BCUT2D eigenvalue weighted by Crippen LogP contribution is 2.47. The number of nitrogens with zero attached hydrogens (tertiary/aromatic N) is 2. The van der Waals surface area contributed by atoms with E-state index in [2.05, 4.69) is 22.0 Å². The van der Waals surface area contributed by atoms with Crippen LogP contribution in [0.4, 0.5) is 0 Å². The topological polar surface area (TPSA) is 88.6 Å². The van der Waals surface area contributed by atoms with Crippen LogP contribution in [0.25, 0.3) is 0 Å². The molecule has 0 amide bonds. The summed E-state index contributed by atoms with van der Waals surface area (Å²) in [6, 6.07) is 5.92. The number of nitriles is 1. The molecular weight excluding hydrogens is 410 g/mol. The number of halogens is 1. The zero-order chi connectivity index (χ0) is 19.7. The maximum Gasteiger partial charge on any atom is 0.175 e. The molecule has 0 radical (unpaired) electrons. The third kappa shape index (κ3) is 3.19. The average Bonchev–Trinajstić information content (AvgIpc) is 2.66. The standard InChI is InChI=1S/C20H22BrN3O3/c1-4-27-19-13(21)8-11(9-16(19)26-3)17-12(10-22)20(23)24(2)14-6-5-7-15(25)18(14)17/h8-9,17H,4-7,23H2,1-3H3/t17-/m1/s1. The van der Waals surface area contributed by atoms with Crippen LogP contribution in [0.15, 0.2) is 39.3 Å². The minimum absolute atomic E-state index is 0.0670. The molecule has 0 bridgehead atoms. The van der Waals surface area contributed by atoms with Gasteiger partial charge in [-0.25, -0.2) is 0 Å². The van der Waals surface area contributed by atoms with Gasteiger partial charge in [0.1, 0.15) is 5.82 Å². The summed E-state index contributed by atoms with van der Waals surface area (Å²) in [6.45, 7) is 2.39. The lowest BCUT2D eigenvalue weighted by molar-refractivity contribution is -0.116. The van der Waals surface area contributed by atoms with E-state index in [1.54, 1.807) is 12.0 Å². The third-order valence-corrected chi connectivity index (χ3v) is 5.63. The molecule has 0 aromatic heterocycles. The summed E-state index contributed by atoms with van der Waals surface area (Å²) in [5.41, 5.74) is 8.98. The Labute approximate surface area is 167 Å². The molecule has 0 unspecified atom stereocenters. The lowest BCUT2D eigenvalue weighted by atomic mass is 9.76. The van der Waals surface area contributed by atoms with E-state index >= 15 is 0 Å². The number of ketones is 1. The summed E-state index contributed by atoms with van der Waals surface area (Å²) in [7, 11) is 3.38. The maximum atomic E-state index is 12.8. The van der Waals surface area contributed by atoms with Crippen molar-refractivity contribution in [2.75, 3.05) is 20.8 Å². The number of hydrogen-bond acceptors (Lipinski definition) is 6. The van der Waals surface area contributed by atoms with Crippen molar-refractivity contribution in [1.82, 2.24) is 4.90 Å². The summed E-state index contributed by atoms with van der Waals surface area (Å²) in [6.07, 6.45) is 2.04. The number of Topliss-reactive ketones (excluding diaryl/α,β-unsaturated/α-hetero) is 1. The van der Waals surface area contributed by atoms with E-state index in [0.29, 0.717) is 46.0 Å². The van der Waals surface area contributed by atoms with Crippen molar-refractivity contribution < 1.29 is 14.3 Å². The van der Waals surface area contributed by atoms with Gasteiger partial charge in [0.2, 0.25) is 0 Å². The number of nitrogens with two attached hydrogens (primary N) is 1. The van der Waals surface area contributed by atoms with Gasteiger partial charge >= 0.3 is 0 Å². The number of ether oxygens (including phenoxy) is 2. The minimum Gasteiger partial charge on any atom is -0.493 e. The predicted octanol–water partition coefficient (Wildman–Crippen LogP) is 3.59. The van der Waals surface area contributed by atoms with E-state index < -0.39 is 5.92 Å². The van der Waals surface area contributed by atoms with Crippen LogP contribution >= 0.6 is 15.9 Å². The first-order valence-corrected chi connectivity index (χ1v) is 9.63. The van der Waals surface area contributed by atoms with Gasteiger partial charge in [-0.3, -0.25) is 4.79 Å². The molecule has 142 valence electrons. The first kappa shape index (κ1) is 19.3. The first-order chi connectivity index (χ1) is 12.9. The van der Waals surface area contributed by atoms with Gasteiger partial charge in [-0.1, -0.05) is 0 Å². The molecule has 1 aromatic carbocycles. The normalized spacial score (nSPS) is 19.7. The van der Waals surface area contributed by atoms with Crippen LogP contribution in [0.1, 0.15) is 37.7 Å². The van der Waals surface area contributed by atoms with Gasteiger partial charge in [-0.05, 0) is 53.4 Å². The van der Waals surface area contributed by atoms with E-state index in [1.165, 1.54) is 0 Å². The first-order valence-electron chi connectivity index (χ1n) is 8.84. The van der Waals surface area contributed by atoms with Crippen LogP contribution in [0, 0.1) is 11.3 Å². The number of carbonyl (C=O) groups excluding carboxylic acids is 1. The second-order valence-corrected chi connectivity index (χ2v) is 7.36. The van der Waals surface area contributed by atoms with Crippen LogP contribution in [-0.4, -0.2) is 31.4 Å². The van der Waals surface area contributed by atoms with E-state index in [-0.39, 0.29) is 5.78 Å². The smallest absolute Gasteiger partial charge is 0.175 e. The molecule has 6 nitrogen and oxygen atoms in total. The van der Waals surface area contributed by atoms with E-state index in [1.807, 2.05) is 26.1 Å². The Morgan fingerprint density at radius 3 is 2.78 bits per heavy atom. The number of rotatable bonds is 4. The Morgan fingerprint density at radius 1 is 1.41 bits per heavy atom. The molecule has 7 heteroatoms. The summed E-state index contributed by atoms with van der Waals surface area (Å²) < 4.78 is 11.9. The second-order valence-electron chi connectivity index (χ2n) is 6.51. The number of carbonyl (C=O) groups is 1. The van der Waals surface area contributed by atoms with Gasteiger partial charge in [0.05, 0.1) is 35.7 Å². The van der Waals surface area contributed by atoms with E-state index in [0.717, 1.165) is 24.1 Å². The molecule has 1 heterocycles. The second kappa shape index (κ2) is 7.65. The fraction of sp³-hybridized carbons (Fsp3) is 0.400. The molecule has 1 aliphatic carbocycles. The van der Waals surface area contributed by atoms with Crippen LogP contribution in [0.5, 0.6) is 11.5 Å². The molecule has 1 aliphatic heterocycles. The molecule has 2 aliphatic rings. The molecule has 0 saturated carbocycles. The van der Waals surface area contributed by atoms with Crippen molar-refractivity contribution in [1.29, 1.82) is 5.26 Å². The van der Waals surface area contributed by atoms with Gasteiger partial charge in [0.15, 0.2) is 17.3 Å². The SMILES string of the molecule is CCOc1c(Br)cc([C@@H]2C(C#N)=C(N)N(C)C3=C2C(=O)CCC3)cc1OC. The number of benzene rings is 1. The zero-order valence-corrected chi connectivity index (χ0v) is 17.2. The molecule has 0 fully saturated rings. The summed E-state index contributed by atoms with van der Waals surface area (Å²) >= 11 is 3.53. The van der Waals surface area contributed by atoms with Crippen molar-refractivity contribution in [3.63, 3.8) is 0 Å². The molecule has 0 spiro atoms. The highest BCUT2D eigenvalue weighted by molar-refractivity contribution is 9.10. The summed E-state index contributed by atoms with van der Waals surface area (Å²) in [5.74, 6) is 1.09. The lowest BCUT2D eigenvalue weighted by Crippen LogP contribution is -2.36. The highest BCUT2D eigenvalue weighted by Gasteiger charge is 2.39. The Hall–Kier alpha value is -2.46. The Morgan fingerprint density at radius 2 is 2.15 bits per heavy atom. The van der Waals surface area contributed by atoms with Crippen molar-refractivity contribution >= 4 is 21.7 Å². The van der Waals surface area contributed by atoms with Crippen molar-refractivity contribution in [2.24, 2.45) is 5.73 Å². The Kier molecular flexibility index (Phi) is 5.47. The van der Waals surface area contributed by atoms with Crippen LogP contribution in [0.2, 0.25) is 0 Å². The highest BCUT2D eigenvalue weighted by atomic mass is 79.9. The lowest BCUT2D eigenvalue weighted by Gasteiger charge is -2.37. The minimum atomic E-state index is -0.505. The number of methoxy groups -OCH3 is 1. The maximum absolute atomic E-state index is 12.8. The molecule has 0 saturated heterocycles. The van der Waals surface area contributed by atoms with Crippen molar-refractivity contribution in [2.45, 2.75) is 32.1 Å². The van der Waals surface area contributed by atoms with Crippen LogP contribution in [0.3, 0.4) is 0 Å². The fourth-order valence-electron chi connectivity index (χ4n) is 3.79. The van der Waals surface area contributed by atoms with Gasteiger partial charge in [-0.15, -0.1) is 0 Å². The van der Waals surface area contributed by atoms with Gasteiger partial charge in [-0.2, -0.15) is 5.26 Å². The van der Waals surface area contributed by atoms with Crippen LogP contribution < -0.4 is 15.2 Å². The monoisotopic (exact) mass is 431 g/mol. The molecule has 1 aromatic rings. The molecular formula is C20H22BrN3O3. The summed E-state index contributed by atoms with van der Waals surface area (Å²) in [4.78, 5) is 14.6. The van der Waals surface area contributed by atoms with Gasteiger partial charge in [0.25, 0.3) is 0 Å². The van der Waals surface area contributed by atoms with Gasteiger partial charge in [0, 0.05) is 24.7 Å². The molecule has 27 heavy (non-hydrogen) atoms. The zero-order valence-electron chi connectivity index (χ0n) is 15.6. The molecule has 2 N–H and O–H groups in total. The quantitative estimate of drug-likeness (QED) is 0.783. The van der Waals surface area contributed by atoms with E-state index in [9.17, 15) is 10.1 Å². The number of hydrogen-bond donors (Lipinski definition) is 1.